The number of amides is 1. The molecule has 1 amide bonds. The highest BCUT2D eigenvalue weighted by molar-refractivity contribution is 5.83. The highest BCUT2D eigenvalue weighted by atomic mass is 16.5. The summed E-state index contributed by atoms with van der Waals surface area (Å²) in [5.41, 5.74) is 1.57. The van der Waals surface area contributed by atoms with E-state index in [-0.39, 0.29) is 11.5 Å². The summed E-state index contributed by atoms with van der Waals surface area (Å²) >= 11 is 0. The summed E-state index contributed by atoms with van der Waals surface area (Å²) < 4.78 is 6.04. The molecule has 5 heteroatoms. The first-order valence-electron chi connectivity index (χ1n) is 10.2. The Hall–Kier alpha value is -1.85. The number of likely N-dealkylation sites (tertiary alicyclic amines) is 1. The van der Waals surface area contributed by atoms with E-state index in [2.05, 4.69) is 29.4 Å². The summed E-state index contributed by atoms with van der Waals surface area (Å²) in [6, 6.07) is 8.30. The van der Waals surface area contributed by atoms with E-state index in [9.17, 15) is 9.90 Å². The Balaban J connectivity index is 1.26. The number of para-hydroxylation sites is 1. The van der Waals surface area contributed by atoms with E-state index in [0.717, 1.165) is 44.3 Å². The molecule has 0 radical (unpaired) electrons. The summed E-state index contributed by atoms with van der Waals surface area (Å²) in [6.45, 7) is 4.00. The highest BCUT2D eigenvalue weighted by Gasteiger charge is 2.44. The number of nitrogens with one attached hydrogen (secondary N) is 1. The van der Waals surface area contributed by atoms with Crippen molar-refractivity contribution in [1.29, 1.82) is 0 Å². The number of aromatic nitrogens is 1. The molecular weight excluding hydrogens is 340 g/mol. The monoisotopic (exact) mass is 370 g/mol. The van der Waals surface area contributed by atoms with Gasteiger partial charge in [-0.05, 0) is 50.7 Å². The number of nitrogens with zero attached hydrogens (tertiary/aromatic N) is 1. The SMILES string of the molecule is CC1(O)CCOC2(CCN(C(=O)CCCc3c[nH]c4ccccc34)CC2)C1. The molecule has 1 atom stereocenters. The van der Waals surface area contributed by atoms with E-state index in [1.165, 1.54) is 10.9 Å². The van der Waals surface area contributed by atoms with Crippen LogP contribution in [0.5, 0.6) is 0 Å². The van der Waals surface area contributed by atoms with Crippen LogP contribution in [0, 0.1) is 0 Å². The Morgan fingerprint density at radius 2 is 2.04 bits per heavy atom. The van der Waals surface area contributed by atoms with E-state index in [0.29, 0.717) is 25.9 Å². The summed E-state index contributed by atoms with van der Waals surface area (Å²) in [5, 5.41) is 11.6. The number of hydrogen-bond donors (Lipinski definition) is 2. The van der Waals surface area contributed by atoms with Crippen LogP contribution >= 0.6 is 0 Å². The van der Waals surface area contributed by atoms with E-state index in [4.69, 9.17) is 4.74 Å². The van der Waals surface area contributed by atoms with Crippen LogP contribution in [0.3, 0.4) is 0 Å². The number of aromatic amines is 1. The molecule has 2 saturated heterocycles. The number of aliphatic hydroxyl groups is 1. The molecule has 1 aromatic heterocycles. The minimum absolute atomic E-state index is 0.234. The number of benzene rings is 1. The molecule has 5 nitrogen and oxygen atoms in total. The number of piperidine rings is 1. The van der Waals surface area contributed by atoms with Crippen molar-refractivity contribution in [2.45, 2.75) is 63.1 Å². The number of aryl methyl sites for hydroxylation is 1. The Morgan fingerprint density at radius 3 is 2.81 bits per heavy atom. The van der Waals surface area contributed by atoms with Gasteiger partial charge in [0.15, 0.2) is 0 Å². The normalized spacial score (nSPS) is 25.2. The van der Waals surface area contributed by atoms with Gasteiger partial charge in [0, 0.05) is 43.0 Å². The minimum atomic E-state index is -0.635. The van der Waals surface area contributed by atoms with Crippen molar-refractivity contribution in [1.82, 2.24) is 9.88 Å². The quantitative estimate of drug-likeness (QED) is 0.867. The van der Waals surface area contributed by atoms with Gasteiger partial charge in [-0.3, -0.25) is 4.79 Å². The standard InChI is InChI=1S/C22H30N2O3/c1-21(26)11-14-27-22(16-21)9-12-24(13-10-22)20(25)8-4-5-17-15-23-19-7-3-2-6-18(17)19/h2-3,6-7,15,23,26H,4-5,8-14,16H2,1H3. The average Bonchev–Trinajstić information content (AvgIpc) is 3.04. The van der Waals surface area contributed by atoms with Gasteiger partial charge in [0.2, 0.25) is 5.91 Å². The fourth-order valence-electron chi connectivity index (χ4n) is 4.73. The van der Waals surface area contributed by atoms with Gasteiger partial charge in [0.1, 0.15) is 0 Å². The molecule has 4 rings (SSSR count). The van der Waals surface area contributed by atoms with Crippen LogP contribution in [0.4, 0.5) is 0 Å². The predicted octanol–water partition coefficient (Wildman–Crippen LogP) is 3.41. The second-order valence-electron chi connectivity index (χ2n) is 8.55. The first-order valence-corrected chi connectivity index (χ1v) is 10.2. The molecule has 2 aromatic rings. The fourth-order valence-corrected chi connectivity index (χ4v) is 4.73. The second-order valence-corrected chi connectivity index (χ2v) is 8.55. The third-order valence-electron chi connectivity index (χ3n) is 6.29. The van der Waals surface area contributed by atoms with Crippen molar-refractivity contribution in [3.63, 3.8) is 0 Å². The van der Waals surface area contributed by atoms with Gasteiger partial charge in [0.05, 0.1) is 17.8 Å². The molecule has 0 bridgehead atoms. The van der Waals surface area contributed by atoms with Gasteiger partial charge in [-0.2, -0.15) is 0 Å². The topological polar surface area (TPSA) is 65.6 Å². The maximum absolute atomic E-state index is 12.6. The lowest BCUT2D eigenvalue weighted by Crippen LogP contribution is -2.54. The van der Waals surface area contributed by atoms with Crippen molar-refractivity contribution in [3.05, 3.63) is 36.0 Å². The molecule has 2 aliphatic rings. The van der Waals surface area contributed by atoms with E-state index in [1.54, 1.807) is 0 Å². The number of rotatable bonds is 4. The van der Waals surface area contributed by atoms with E-state index < -0.39 is 5.60 Å². The van der Waals surface area contributed by atoms with Gasteiger partial charge in [-0.1, -0.05) is 18.2 Å². The van der Waals surface area contributed by atoms with Crippen molar-refractivity contribution in [2.75, 3.05) is 19.7 Å². The van der Waals surface area contributed by atoms with Crippen LogP contribution in [0.15, 0.2) is 30.5 Å². The summed E-state index contributed by atoms with van der Waals surface area (Å²) in [7, 11) is 0. The van der Waals surface area contributed by atoms with Crippen molar-refractivity contribution in [2.24, 2.45) is 0 Å². The molecule has 1 spiro atoms. The second kappa shape index (κ2) is 7.28. The molecule has 0 saturated carbocycles. The van der Waals surface area contributed by atoms with Gasteiger partial charge < -0.3 is 19.7 Å². The van der Waals surface area contributed by atoms with Crippen molar-refractivity contribution >= 4 is 16.8 Å². The maximum atomic E-state index is 12.6. The summed E-state index contributed by atoms with van der Waals surface area (Å²) in [6.07, 6.45) is 7.48. The minimum Gasteiger partial charge on any atom is -0.390 e. The Labute approximate surface area is 160 Å². The molecular formula is C22H30N2O3. The number of ether oxygens (including phenoxy) is 1. The summed E-state index contributed by atoms with van der Waals surface area (Å²) in [5.74, 6) is 0.243. The number of fused-ring (bicyclic) bond motifs is 1. The van der Waals surface area contributed by atoms with E-state index in [1.807, 2.05) is 17.9 Å². The van der Waals surface area contributed by atoms with Gasteiger partial charge in [0.25, 0.3) is 0 Å². The first kappa shape index (κ1) is 18.5. The molecule has 0 aliphatic carbocycles. The lowest BCUT2D eigenvalue weighted by Gasteiger charge is -2.48. The highest BCUT2D eigenvalue weighted by Crippen LogP contribution is 2.39. The average molecular weight is 370 g/mol. The number of hydrogen-bond acceptors (Lipinski definition) is 3. The van der Waals surface area contributed by atoms with E-state index >= 15 is 0 Å². The van der Waals surface area contributed by atoms with Crippen LogP contribution in [-0.4, -0.2) is 51.8 Å². The van der Waals surface area contributed by atoms with Gasteiger partial charge in [-0.15, -0.1) is 0 Å². The number of H-pyrrole nitrogens is 1. The Bertz CT molecular complexity index is 803. The Morgan fingerprint density at radius 1 is 1.26 bits per heavy atom. The lowest BCUT2D eigenvalue weighted by atomic mass is 9.78. The first-order chi connectivity index (χ1) is 13.0. The van der Waals surface area contributed by atoms with Gasteiger partial charge in [-0.25, -0.2) is 0 Å². The fraction of sp³-hybridized carbons (Fsp3) is 0.591. The molecule has 2 aliphatic heterocycles. The molecule has 2 N–H and O–H groups in total. The zero-order valence-corrected chi connectivity index (χ0v) is 16.2. The number of carbonyl (C=O) groups excluding carboxylic acids is 1. The molecule has 1 unspecified atom stereocenters. The zero-order valence-electron chi connectivity index (χ0n) is 16.2. The van der Waals surface area contributed by atoms with Crippen molar-refractivity contribution in [3.8, 4) is 0 Å². The third-order valence-corrected chi connectivity index (χ3v) is 6.29. The molecule has 3 heterocycles. The number of carbonyl (C=O) groups is 1. The Kier molecular flexibility index (Phi) is 4.99. The molecule has 2 fully saturated rings. The van der Waals surface area contributed by atoms with Crippen LogP contribution in [0.25, 0.3) is 10.9 Å². The van der Waals surface area contributed by atoms with Crippen molar-refractivity contribution < 1.29 is 14.6 Å². The van der Waals surface area contributed by atoms with Crippen LogP contribution in [0.1, 0.15) is 51.0 Å². The zero-order chi connectivity index (χ0) is 18.9. The molecule has 27 heavy (non-hydrogen) atoms. The summed E-state index contributed by atoms with van der Waals surface area (Å²) in [4.78, 5) is 17.9. The van der Waals surface area contributed by atoms with Crippen LogP contribution in [0.2, 0.25) is 0 Å². The molecule has 1 aromatic carbocycles. The maximum Gasteiger partial charge on any atom is 0.222 e. The largest absolute Gasteiger partial charge is 0.390 e. The lowest BCUT2D eigenvalue weighted by molar-refractivity contribution is -0.175. The van der Waals surface area contributed by atoms with Crippen LogP contribution < -0.4 is 0 Å². The predicted molar refractivity (Wildman–Crippen MR) is 106 cm³/mol. The van der Waals surface area contributed by atoms with Crippen LogP contribution in [-0.2, 0) is 16.0 Å². The van der Waals surface area contributed by atoms with Gasteiger partial charge >= 0.3 is 0 Å². The smallest absolute Gasteiger partial charge is 0.222 e. The third kappa shape index (κ3) is 4.04. The molecule has 146 valence electrons.